The van der Waals surface area contributed by atoms with E-state index in [1.54, 1.807) is 0 Å². The molecule has 1 N–H and O–H groups in total. The van der Waals surface area contributed by atoms with Crippen LogP contribution in [0.5, 0.6) is 0 Å². The van der Waals surface area contributed by atoms with Gasteiger partial charge in [0.05, 0.1) is 0 Å². The highest BCUT2D eigenvalue weighted by atomic mass is 14.4. The molecule has 0 atom stereocenters. The predicted octanol–water partition coefficient (Wildman–Crippen LogP) is 3.33. The fourth-order valence-corrected chi connectivity index (χ4v) is 0.631. The normalized spacial score (nSPS) is 11.5. The van der Waals surface area contributed by atoms with E-state index in [1.807, 2.05) is 25.2 Å². The van der Waals surface area contributed by atoms with Crippen LogP contribution in [-0.4, -0.2) is 5.71 Å². The molecule has 11 heavy (non-hydrogen) atoms. The van der Waals surface area contributed by atoms with Gasteiger partial charge in [0.2, 0.25) is 0 Å². The van der Waals surface area contributed by atoms with Crippen LogP contribution in [-0.2, 0) is 0 Å². The number of hydrogen-bond donors (Lipinski definition) is 1. The van der Waals surface area contributed by atoms with E-state index in [1.165, 1.54) is 6.42 Å². The third-order valence-corrected chi connectivity index (χ3v) is 1.38. The summed E-state index contributed by atoms with van der Waals surface area (Å²) in [4.78, 5) is 0. The maximum absolute atomic E-state index is 7.30. The van der Waals surface area contributed by atoms with Crippen molar-refractivity contribution in [1.29, 1.82) is 5.41 Å². The van der Waals surface area contributed by atoms with Crippen LogP contribution in [0, 0.1) is 5.41 Å². The highest BCUT2D eigenvalue weighted by Crippen LogP contribution is 1.90. The van der Waals surface area contributed by atoms with E-state index in [9.17, 15) is 0 Å². The number of allylic oxidation sites excluding steroid dienone is 4. The minimum atomic E-state index is 0.686. The topological polar surface area (TPSA) is 23.9 Å². The third kappa shape index (κ3) is 7.04. The second kappa shape index (κ2) is 7.26. The molecule has 0 amide bonds. The van der Waals surface area contributed by atoms with Gasteiger partial charge in [-0.05, 0) is 18.9 Å². The standard InChI is InChI=1S/C10H17N/c1-3-5-6-7-8-9-10(11)4-2/h6-9,11H,3-5H2,1-2H3/b7-6?,9-8-,11-10?. The van der Waals surface area contributed by atoms with Crippen LogP contribution in [0.3, 0.4) is 0 Å². The maximum atomic E-state index is 7.30. The molecule has 0 saturated heterocycles. The van der Waals surface area contributed by atoms with Crippen molar-refractivity contribution in [2.45, 2.75) is 33.1 Å². The van der Waals surface area contributed by atoms with Crippen molar-refractivity contribution >= 4 is 5.71 Å². The summed E-state index contributed by atoms with van der Waals surface area (Å²) in [7, 11) is 0. The largest absolute Gasteiger partial charge is 0.305 e. The summed E-state index contributed by atoms with van der Waals surface area (Å²) in [6.45, 7) is 4.14. The van der Waals surface area contributed by atoms with Crippen molar-refractivity contribution in [2.24, 2.45) is 0 Å². The smallest absolute Gasteiger partial charge is 0.0311 e. The highest BCUT2D eigenvalue weighted by Gasteiger charge is 1.80. The zero-order chi connectivity index (χ0) is 8.53. The molecule has 0 bridgehead atoms. The molecule has 1 heteroatoms. The molecule has 0 aliphatic rings. The molecule has 0 unspecified atom stereocenters. The van der Waals surface area contributed by atoms with E-state index in [0.717, 1.165) is 12.8 Å². The second-order valence-electron chi connectivity index (χ2n) is 2.45. The van der Waals surface area contributed by atoms with Gasteiger partial charge in [-0.25, -0.2) is 0 Å². The summed E-state index contributed by atoms with van der Waals surface area (Å²) in [6.07, 6.45) is 11.0. The van der Waals surface area contributed by atoms with Crippen LogP contribution in [0.2, 0.25) is 0 Å². The molecule has 1 nitrogen and oxygen atoms in total. The van der Waals surface area contributed by atoms with Gasteiger partial charge >= 0.3 is 0 Å². The summed E-state index contributed by atoms with van der Waals surface area (Å²) in [5.41, 5.74) is 0.686. The van der Waals surface area contributed by atoms with Gasteiger partial charge in [-0.2, -0.15) is 0 Å². The first-order valence-electron chi connectivity index (χ1n) is 4.21. The molecule has 0 rings (SSSR count). The van der Waals surface area contributed by atoms with E-state index in [2.05, 4.69) is 13.0 Å². The quantitative estimate of drug-likeness (QED) is 0.460. The molecule has 0 heterocycles. The summed E-state index contributed by atoms with van der Waals surface area (Å²) in [5.74, 6) is 0. The Balaban J connectivity index is 3.50. The van der Waals surface area contributed by atoms with Crippen LogP contribution in [0.1, 0.15) is 33.1 Å². The lowest BCUT2D eigenvalue weighted by molar-refractivity contribution is 0.959. The number of unbranched alkanes of at least 4 members (excludes halogenated alkanes) is 1. The van der Waals surface area contributed by atoms with Crippen molar-refractivity contribution in [3.8, 4) is 0 Å². The molecule has 0 aromatic carbocycles. The van der Waals surface area contributed by atoms with E-state index in [4.69, 9.17) is 5.41 Å². The van der Waals surface area contributed by atoms with Gasteiger partial charge < -0.3 is 5.41 Å². The minimum absolute atomic E-state index is 0.686. The molecular weight excluding hydrogens is 134 g/mol. The second-order valence-corrected chi connectivity index (χ2v) is 2.45. The Morgan fingerprint density at radius 2 is 2.00 bits per heavy atom. The van der Waals surface area contributed by atoms with Crippen LogP contribution >= 0.6 is 0 Å². The van der Waals surface area contributed by atoms with Gasteiger partial charge in [0, 0.05) is 5.71 Å². The van der Waals surface area contributed by atoms with Crippen LogP contribution in [0.4, 0.5) is 0 Å². The average molecular weight is 151 g/mol. The highest BCUT2D eigenvalue weighted by molar-refractivity contribution is 5.92. The monoisotopic (exact) mass is 151 g/mol. The Bertz CT molecular complexity index is 154. The summed E-state index contributed by atoms with van der Waals surface area (Å²) in [5, 5.41) is 7.30. The average Bonchev–Trinajstić information content (AvgIpc) is 2.04. The lowest BCUT2D eigenvalue weighted by atomic mass is 10.2. The first-order valence-corrected chi connectivity index (χ1v) is 4.21. The summed E-state index contributed by atoms with van der Waals surface area (Å²) in [6, 6.07) is 0. The first-order chi connectivity index (χ1) is 5.31. The van der Waals surface area contributed by atoms with Gasteiger partial charge in [0.1, 0.15) is 0 Å². The fourth-order valence-electron chi connectivity index (χ4n) is 0.631. The lowest BCUT2D eigenvalue weighted by Gasteiger charge is -1.85. The minimum Gasteiger partial charge on any atom is -0.305 e. The van der Waals surface area contributed by atoms with Crippen LogP contribution in [0.15, 0.2) is 24.3 Å². The number of rotatable bonds is 5. The van der Waals surface area contributed by atoms with Gasteiger partial charge in [0.25, 0.3) is 0 Å². The van der Waals surface area contributed by atoms with Crippen molar-refractivity contribution in [3.63, 3.8) is 0 Å². The predicted molar refractivity (Wildman–Crippen MR) is 51.2 cm³/mol. The van der Waals surface area contributed by atoms with Gasteiger partial charge in [0.15, 0.2) is 0 Å². The molecule has 0 aliphatic heterocycles. The molecule has 0 spiro atoms. The Hall–Kier alpha value is -0.850. The van der Waals surface area contributed by atoms with Crippen molar-refractivity contribution < 1.29 is 0 Å². The van der Waals surface area contributed by atoms with Gasteiger partial charge in [-0.1, -0.05) is 38.5 Å². The zero-order valence-corrected chi connectivity index (χ0v) is 7.43. The fraction of sp³-hybridized carbons (Fsp3) is 0.500. The molecule has 0 aromatic heterocycles. The first kappa shape index (κ1) is 10.2. The van der Waals surface area contributed by atoms with Crippen LogP contribution in [0.25, 0.3) is 0 Å². The van der Waals surface area contributed by atoms with Gasteiger partial charge in [-0.3, -0.25) is 0 Å². The Labute approximate surface area is 69.3 Å². The van der Waals surface area contributed by atoms with E-state index >= 15 is 0 Å². The molecule has 0 aliphatic carbocycles. The zero-order valence-electron chi connectivity index (χ0n) is 7.43. The van der Waals surface area contributed by atoms with Crippen molar-refractivity contribution in [3.05, 3.63) is 24.3 Å². The summed E-state index contributed by atoms with van der Waals surface area (Å²) >= 11 is 0. The molecular formula is C10H17N. The van der Waals surface area contributed by atoms with Crippen LogP contribution < -0.4 is 0 Å². The number of nitrogens with one attached hydrogen (secondary N) is 1. The third-order valence-electron chi connectivity index (χ3n) is 1.38. The van der Waals surface area contributed by atoms with Gasteiger partial charge in [-0.15, -0.1) is 0 Å². The molecule has 0 fully saturated rings. The van der Waals surface area contributed by atoms with Crippen molar-refractivity contribution in [1.82, 2.24) is 0 Å². The Kier molecular flexibility index (Phi) is 6.70. The Morgan fingerprint density at radius 1 is 1.27 bits per heavy atom. The summed E-state index contributed by atoms with van der Waals surface area (Å²) < 4.78 is 0. The van der Waals surface area contributed by atoms with E-state index in [-0.39, 0.29) is 0 Å². The van der Waals surface area contributed by atoms with E-state index < -0.39 is 0 Å². The molecule has 0 aromatic rings. The van der Waals surface area contributed by atoms with Crippen molar-refractivity contribution in [2.75, 3.05) is 0 Å². The SMILES string of the molecule is CCCC=C/C=C\C(=N)CC. The van der Waals surface area contributed by atoms with E-state index in [0.29, 0.717) is 5.71 Å². The molecule has 62 valence electrons. The lowest BCUT2D eigenvalue weighted by Crippen LogP contribution is -1.83. The maximum Gasteiger partial charge on any atom is 0.0311 e. The molecule has 0 saturated carbocycles. The Morgan fingerprint density at radius 3 is 2.55 bits per heavy atom. The number of hydrogen-bond acceptors (Lipinski definition) is 1. The molecule has 0 radical (unpaired) electrons.